The average molecular weight is 374 g/mol. The van der Waals surface area contributed by atoms with Gasteiger partial charge in [0.05, 0.1) is 24.0 Å². The molecule has 2 unspecified atom stereocenters. The summed E-state index contributed by atoms with van der Waals surface area (Å²) in [5.74, 6) is -0.237. The van der Waals surface area contributed by atoms with Gasteiger partial charge in [0.25, 0.3) is 0 Å². The summed E-state index contributed by atoms with van der Waals surface area (Å²) in [6.07, 6.45) is 1.56. The summed E-state index contributed by atoms with van der Waals surface area (Å²) in [7, 11) is 0. The molecule has 2 atom stereocenters. The molecule has 27 heavy (non-hydrogen) atoms. The van der Waals surface area contributed by atoms with E-state index in [0.717, 1.165) is 5.56 Å². The van der Waals surface area contributed by atoms with Crippen LogP contribution in [0, 0.1) is 23.1 Å². The van der Waals surface area contributed by atoms with Crippen LogP contribution in [0.15, 0.2) is 18.2 Å². The maximum Gasteiger partial charge on any atom is 0.317 e. The van der Waals surface area contributed by atoms with Crippen molar-refractivity contribution in [1.82, 2.24) is 10.2 Å². The predicted octanol–water partition coefficient (Wildman–Crippen LogP) is 2.88. The SMILES string of the molecule is CC1CN(c2ccc(CNC(=O)N3CCC(C#N)CC3)cc2F)CC(C)O1. The topological polar surface area (TPSA) is 68.6 Å². The first-order valence-corrected chi connectivity index (χ1v) is 9.57. The van der Waals surface area contributed by atoms with Gasteiger partial charge < -0.3 is 19.9 Å². The second-order valence-electron chi connectivity index (χ2n) is 7.50. The number of benzene rings is 1. The normalized spacial score (nSPS) is 23.8. The number of rotatable bonds is 3. The minimum atomic E-state index is -0.280. The summed E-state index contributed by atoms with van der Waals surface area (Å²) < 4.78 is 20.3. The summed E-state index contributed by atoms with van der Waals surface area (Å²) in [5.41, 5.74) is 1.30. The van der Waals surface area contributed by atoms with Gasteiger partial charge in [-0.2, -0.15) is 5.26 Å². The molecule has 0 radical (unpaired) electrons. The Balaban J connectivity index is 1.55. The quantitative estimate of drug-likeness (QED) is 0.883. The van der Waals surface area contributed by atoms with Gasteiger partial charge in [-0.1, -0.05) is 6.07 Å². The second-order valence-corrected chi connectivity index (χ2v) is 7.50. The summed E-state index contributed by atoms with van der Waals surface area (Å²) in [6, 6.07) is 7.21. The third kappa shape index (κ3) is 4.89. The first-order valence-electron chi connectivity index (χ1n) is 9.57. The number of likely N-dealkylation sites (tertiary alicyclic amines) is 1. The number of morpholine rings is 1. The molecule has 2 aliphatic rings. The van der Waals surface area contributed by atoms with E-state index in [4.69, 9.17) is 10.00 Å². The van der Waals surface area contributed by atoms with Crippen molar-refractivity contribution in [3.63, 3.8) is 0 Å². The van der Waals surface area contributed by atoms with Crippen molar-refractivity contribution in [3.8, 4) is 6.07 Å². The zero-order chi connectivity index (χ0) is 19.4. The Morgan fingerprint density at radius 2 is 1.96 bits per heavy atom. The molecule has 3 rings (SSSR count). The van der Waals surface area contributed by atoms with Gasteiger partial charge in [-0.25, -0.2) is 9.18 Å². The molecular formula is C20H27FN4O2. The Morgan fingerprint density at radius 1 is 1.30 bits per heavy atom. The first kappa shape index (κ1) is 19.4. The highest BCUT2D eigenvalue weighted by Crippen LogP contribution is 2.24. The lowest BCUT2D eigenvalue weighted by molar-refractivity contribution is -0.00539. The van der Waals surface area contributed by atoms with E-state index in [9.17, 15) is 9.18 Å². The fraction of sp³-hybridized carbons (Fsp3) is 0.600. The van der Waals surface area contributed by atoms with Crippen molar-refractivity contribution in [1.29, 1.82) is 5.26 Å². The van der Waals surface area contributed by atoms with Crippen molar-refractivity contribution < 1.29 is 13.9 Å². The zero-order valence-corrected chi connectivity index (χ0v) is 15.9. The number of amides is 2. The third-order valence-electron chi connectivity index (χ3n) is 5.18. The van der Waals surface area contributed by atoms with Crippen LogP contribution in [-0.2, 0) is 11.3 Å². The molecule has 7 heteroatoms. The van der Waals surface area contributed by atoms with E-state index < -0.39 is 0 Å². The molecule has 2 fully saturated rings. The van der Waals surface area contributed by atoms with E-state index in [2.05, 4.69) is 11.4 Å². The van der Waals surface area contributed by atoms with Gasteiger partial charge in [-0.15, -0.1) is 0 Å². The van der Waals surface area contributed by atoms with Crippen molar-refractivity contribution in [2.24, 2.45) is 5.92 Å². The number of urea groups is 1. The van der Waals surface area contributed by atoms with Crippen LogP contribution in [0.25, 0.3) is 0 Å². The van der Waals surface area contributed by atoms with E-state index in [1.165, 1.54) is 6.07 Å². The lowest BCUT2D eigenvalue weighted by atomic mass is 9.99. The number of nitrogens with one attached hydrogen (secondary N) is 1. The highest BCUT2D eigenvalue weighted by Gasteiger charge is 2.25. The number of ether oxygens (including phenoxy) is 1. The monoisotopic (exact) mass is 374 g/mol. The maximum absolute atomic E-state index is 14.6. The van der Waals surface area contributed by atoms with E-state index in [1.807, 2.05) is 24.8 Å². The van der Waals surface area contributed by atoms with Crippen LogP contribution in [0.5, 0.6) is 0 Å². The summed E-state index contributed by atoms with van der Waals surface area (Å²) >= 11 is 0. The molecule has 6 nitrogen and oxygen atoms in total. The fourth-order valence-electron chi connectivity index (χ4n) is 3.79. The smallest absolute Gasteiger partial charge is 0.317 e. The van der Waals surface area contributed by atoms with Gasteiger partial charge in [-0.3, -0.25) is 0 Å². The maximum atomic E-state index is 14.6. The number of carbonyl (C=O) groups excluding carboxylic acids is 1. The van der Waals surface area contributed by atoms with Gasteiger partial charge in [-0.05, 0) is 44.4 Å². The van der Waals surface area contributed by atoms with Crippen molar-refractivity contribution >= 4 is 11.7 Å². The van der Waals surface area contributed by atoms with Crippen molar-refractivity contribution in [2.75, 3.05) is 31.1 Å². The molecule has 2 amide bonds. The molecule has 2 heterocycles. The average Bonchev–Trinajstić information content (AvgIpc) is 2.65. The van der Waals surface area contributed by atoms with Crippen LogP contribution >= 0.6 is 0 Å². The molecule has 0 spiro atoms. The molecule has 1 aromatic carbocycles. The number of anilines is 1. The third-order valence-corrected chi connectivity index (χ3v) is 5.18. The number of halogens is 1. The molecule has 0 aromatic heterocycles. The van der Waals surface area contributed by atoms with E-state index >= 15 is 0 Å². The van der Waals surface area contributed by atoms with Crippen LogP contribution in [0.1, 0.15) is 32.3 Å². The first-order chi connectivity index (χ1) is 13.0. The van der Waals surface area contributed by atoms with Gasteiger partial charge in [0.2, 0.25) is 0 Å². The van der Waals surface area contributed by atoms with E-state index in [0.29, 0.717) is 44.7 Å². The van der Waals surface area contributed by atoms with E-state index in [-0.39, 0.29) is 36.5 Å². The molecular weight excluding hydrogens is 347 g/mol. The van der Waals surface area contributed by atoms with Gasteiger partial charge in [0.1, 0.15) is 5.82 Å². The minimum Gasteiger partial charge on any atom is -0.372 e. The van der Waals surface area contributed by atoms with Gasteiger partial charge in [0, 0.05) is 38.6 Å². The van der Waals surface area contributed by atoms with Crippen molar-refractivity contribution in [2.45, 2.75) is 45.4 Å². The Kier molecular flexibility index (Phi) is 6.17. The summed E-state index contributed by atoms with van der Waals surface area (Å²) in [5, 5.41) is 11.8. The highest BCUT2D eigenvalue weighted by atomic mass is 19.1. The molecule has 2 aliphatic heterocycles. The van der Waals surface area contributed by atoms with Crippen LogP contribution in [-0.4, -0.2) is 49.3 Å². The van der Waals surface area contributed by atoms with Crippen LogP contribution in [0.3, 0.4) is 0 Å². The molecule has 1 aromatic rings. The van der Waals surface area contributed by atoms with Crippen LogP contribution in [0.2, 0.25) is 0 Å². The van der Waals surface area contributed by atoms with E-state index in [1.54, 1.807) is 11.0 Å². The minimum absolute atomic E-state index is 0.0429. The number of piperidine rings is 1. The Hall–Kier alpha value is -2.33. The predicted molar refractivity (Wildman–Crippen MR) is 101 cm³/mol. The fourth-order valence-corrected chi connectivity index (χ4v) is 3.79. The zero-order valence-electron chi connectivity index (χ0n) is 15.9. The number of hydrogen-bond donors (Lipinski definition) is 1. The Morgan fingerprint density at radius 3 is 2.56 bits per heavy atom. The second kappa shape index (κ2) is 8.57. The molecule has 0 bridgehead atoms. The number of nitrogens with zero attached hydrogens (tertiary/aromatic N) is 3. The van der Waals surface area contributed by atoms with Gasteiger partial charge >= 0.3 is 6.03 Å². The molecule has 146 valence electrons. The van der Waals surface area contributed by atoms with Crippen molar-refractivity contribution in [3.05, 3.63) is 29.6 Å². The summed E-state index contributed by atoms with van der Waals surface area (Å²) in [4.78, 5) is 16.0. The van der Waals surface area contributed by atoms with Gasteiger partial charge in [0.15, 0.2) is 0 Å². The lowest BCUT2D eigenvalue weighted by Crippen LogP contribution is -2.45. The molecule has 2 saturated heterocycles. The van der Waals surface area contributed by atoms with Crippen LogP contribution in [0.4, 0.5) is 14.9 Å². The molecule has 1 N–H and O–H groups in total. The summed E-state index contributed by atoms with van der Waals surface area (Å²) in [6.45, 7) is 6.76. The van der Waals surface area contributed by atoms with Crippen LogP contribution < -0.4 is 10.2 Å². The highest BCUT2D eigenvalue weighted by molar-refractivity contribution is 5.74. The Bertz CT molecular complexity index is 702. The molecule has 0 aliphatic carbocycles. The number of nitriles is 1. The molecule has 0 saturated carbocycles. The Labute approximate surface area is 159 Å². The number of carbonyl (C=O) groups is 1. The lowest BCUT2D eigenvalue weighted by Gasteiger charge is -2.37. The number of hydrogen-bond acceptors (Lipinski definition) is 4. The standard InChI is InChI=1S/C20H27FN4O2/c1-14-12-25(13-15(2)27-14)19-4-3-17(9-18(19)21)11-23-20(26)24-7-5-16(10-22)6-8-24/h3-4,9,14-16H,5-8,11-13H2,1-2H3,(H,23,26). The largest absolute Gasteiger partial charge is 0.372 e.